The summed E-state index contributed by atoms with van der Waals surface area (Å²) in [6.45, 7) is 4.43. The minimum Gasteiger partial charge on any atom is -0.457 e. The van der Waals surface area contributed by atoms with Crippen molar-refractivity contribution in [2.45, 2.75) is 52.4 Å². The van der Waals surface area contributed by atoms with Gasteiger partial charge in [0.2, 0.25) is 0 Å². The van der Waals surface area contributed by atoms with E-state index < -0.39 is 0 Å². The van der Waals surface area contributed by atoms with Crippen LogP contribution in [0.2, 0.25) is 0 Å². The van der Waals surface area contributed by atoms with Crippen LogP contribution in [0.25, 0.3) is 6.08 Å². The van der Waals surface area contributed by atoms with Crippen LogP contribution in [-0.2, 0) is 6.42 Å². The number of rotatable bonds is 9. The van der Waals surface area contributed by atoms with Gasteiger partial charge in [0.25, 0.3) is 0 Å². The molecule has 0 spiro atoms. The highest BCUT2D eigenvalue weighted by molar-refractivity contribution is 5.50. The van der Waals surface area contributed by atoms with Gasteiger partial charge in [0.05, 0.1) is 0 Å². The summed E-state index contributed by atoms with van der Waals surface area (Å²) < 4.78 is 5.90. The van der Waals surface area contributed by atoms with E-state index in [4.69, 9.17) is 4.74 Å². The molecule has 2 aromatic rings. The molecule has 0 aliphatic carbocycles. The first-order valence-corrected chi connectivity index (χ1v) is 8.85. The zero-order valence-electron chi connectivity index (χ0n) is 14.4. The van der Waals surface area contributed by atoms with Gasteiger partial charge in [-0.05, 0) is 54.7 Å². The second-order valence-corrected chi connectivity index (χ2v) is 5.96. The molecule has 0 unspecified atom stereocenters. The van der Waals surface area contributed by atoms with Gasteiger partial charge in [-0.25, -0.2) is 0 Å². The average molecular weight is 308 g/mol. The fourth-order valence-corrected chi connectivity index (χ4v) is 2.53. The van der Waals surface area contributed by atoms with E-state index in [0.717, 1.165) is 24.3 Å². The topological polar surface area (TPSA) is 9.23 Å². The number of hydrogen-bond acceptors (Lipinski definition) is 1. The summed E-state index contributed by atoms with van der Waals surface area (Å²) in [6, 6.07) is 16.7. The summed E-state index contributed by atoms with van der Waals surface area (Å²) >= 11 is 0. The van der Waals surface area contributed by atoms with Gasteiger partial charge in [-0.3, -0.25) is 0 Å². The van der Waals surface area contributed by atoms with Crippen molar-refractivity contribution in [2.24, 2.45) is 0 Å². The molecule has 0 saturated carbocycles. The minimum absolute atomic E-state index is 0.886. The van der Waals surface area contributed by atoms with Crippen LogP contribution >= 0.6 is 0 Å². The maximum Gasteiger partial charge on any atom is 0.127 e. The molecule has 1 heteroatoms. The summed E-state index contributed by atoms with van der Waals surface area (Å²) in [6.07, 6.45) is 11.8. The molecular formula is C22H28O. The molecule has 0 atom stereocenters. The van der Waals surface area contributed by atoms with Crippen LogP contribution in [0.5, 0.6) is 11.5 Å². The Kier molecular flexibility index (Phi) is 7.45. The van der Waals surface area contributed by atoms with Crippen molar-refractivity contribution in [3.63, 3.8) is 0 Å². The lowest BCUT2D eigenvalue weighted by Gasteiger charge is -2.07. The number of benzene rings is 2. The third kappa shape index (κ3) is 6.32. The summed E-state index contributed by atoms with van der Waals surface area (Å²) in [5, 5.41) is 0. The smallest absolute Gasteiger partial charge is 0.127 e. The van der Waals surface area contributed by atoms with Crippen LogP contribution in [0, 0.1) is 0 Å². The maximum atomic E-state index is 5.90. The molecule has 2 rings (SSSR count). The number of aryl methyl sites for hydroxylation is 1. The van der Waals surface area contributed by atoms with E-state index in [1.165, 1.54) is 36.8 Å². The lowest BCUT2D eigenvalue weighted by Crippen LogP contribution is -1.86. The minimum atomic E-state index is 0.886. The lowest BCUT2D eigenvalue weighted by molar-refractivity contribution is 0.482. The third-order valence-electron chi connectivity index (χ3n) is 3.86. The van der Waals surface area contributed by atoms with Gasteiger partial charge in [0, 0.05) is 0 Å². The molecule has 0 aliphatic rings. The highest BCUT2D eigenvalue weighted by Crippen LogP contribution is 2.22. The van der Waals surface area contributed by atoms with Crippen molar-refractivity contribution >= 4 is 6.08 Å². The van der Waals surface area contributed by atoms with Gasteiger partial charge >= 0.3 is 0 Å². The Morgan fingerprint density at radius 3 is 2.04 bits per heavy atom. The predicted octanol–water partition coefficient (Wildman–Crippen LogP) is 7.02. The Labute approximate surface area is 141 Å². The van der Waals surface area contributed by atoms with Gasteiger partial charge in [-0.1, -0.05) is 69.5 Å². The van der Waals surface area contributed by atoms with Crippen molar-refractivity contribution in [3.8, 4) is 11.5 Å². The Bertz CT molecular complexity index is 578. The van der Waals surface area contributed by atoms with Crippen molar-refractivity contribution in [2.75, 3.05) is 0 Å². The molecule has 0 fully saturated rings. The molecule has 0 heterocycles. The molecule has 0 aromatic heterocycles. The van der Waals surface area contributed by atoms with Crippen LogP contribution in [0.1, 0.15) is 57.1 Å². The van der Waals surface area contributed by atoms with E-state index in [-0.39, 0.29) is 0 Å². The zero-order chi connectivity index (χ0) is 16.3. The van der Waals surface area contributed by atoms with Gasteiger partial charge in [-0.2, -0.15) is 0 Å². The van der Waals surface area contributed by atoms with Crippen LogP contribution in [0.4, 0.5) is 0 Å². The molecule has 0 bridgehead atoms. The number of hydrogen-bond donors (Lipinski definition) is 0. The highest BCUT2D eigenvalue weighted by atomic mass is 16.5. The highest BCUT2D eigenvalue weighted by Gasteiger charge is 1.98. The van der Waals surface area contributed by atoms with Gasteiger partial charge in [0.15, 0.2) is 0 Å². The van der Waals surface area contributed by atoms with Gasteiger partial charge in [-0.15, -0.1) is 0 Å². The van der Waals surface area contributed by atoms with E-state index in [1.54, 1.807) is 0 Å². The van der Waals surface area contributed by atoms with E-state index in [1.807, 2.05) is 24.3 Å². The van der Waals surface area contributed by atoms with E-state index >= 15 is 0 Å². The molecule has 0 saturated heterocycles. The average Bonchev–Trinajstić information content (AvgIpc) is 2.58. The Balaban J connectivity index is 1.86. The third-order valence-corrected chi connectivity index (χ3v) is 3.86. The normalized spacial score (nSPS) is 11.0. The second kappa shape index (κ2) is 9.89. The van der Waals surface area contributed by atoms with Crippen molar-refractivity contribution in [3.05, 3.63) is 65.7 Å². The lowest BCUT2D eigenvalue weighted by atomic mass is 10.1. The number of unbranched alkanes of at least 4 members (excludes halogenated alkanes) is 3. The number of ether oxygens (including phenoxy) is 1. The predicted molar refractivity (Wildman–Crippen MR) is 100 cm³/mol. The largest absolute Gasteiger partial charge is 0.457 e. The molecule has 23 heavy (non-hydrogen) atoms. The number of allylic oxidation sites excluding steroid dienone is 1. The monoisotopic (exact) mass is 308 g/mol. The van der Waals surface area contributed by atoms with Crippen molar-refractivity contribution in [1.82, 2.24) is 0 Å². The van der Waals surface area contributed by atoms with Crippen molar-refractivity contribution < 1.29 is 4.74 Å². The molecule has 0 aliphatic heterocycles. The molecule has 0 radical (unpaired) electrons. The van der Waals surface area contributed by atoms with E-state index in [0.29, 0.717) is 0 Å². The summed E-state index contributed by atoms with van der Waals surface area (Å²) in [5.74, 6) is 1.78. The molecular weight excluding hydrogens is 280 g/mol. The fraction of sp³-hybridized carbons (Fsp3) is 0.364. The van der Waals surface area contributed by atoms with Crippen LogP contribution in [0.3, 0.4) is 0 Å². The fourth-order valence-electron chi connectivity index (χ4n) is 2.53. The molecule has 2 aromatic carbocycles. The van der Waals surface area contributed by atoms with Crippen molar-refractivity contribution in [1.29, 1.82) is 0 Å². The Morgan fingerprint density at radius 1 is 0.783 bits per heavy atom. The molecule has 1 nitrogen and oxygen atoms in total. The van der Waals surface area contributed by atoms with Crippen LogP contribution in [0.15, 0.2) is 54.6 Å². The zero-order valence-corrected chi connectivity index (χ0v) is 14.4. The summed E-state index contributed by atoms with van der Waals surface area (Å²) in [4.78, 5) is 0. The van der Waals surface area contributed by atoms with Gasteiger partial charge < -0.3 is 4.74 Å². The van der Waals surface area contributed by atoms with Crippen LogP contribution < -0.4 is 4.74 Å². The maximum absolute atomic E-state index is 5.90. The summed E-state index contributed by atoms with van der Waals surface area (Å²) in [7, 11) is 0. The molecule has 122 valence electrons. The first-order chi connectivity index (χ1) is 11.3. The SMILES string of the molecule is CCCCC/C=C/c1ccc(Oc2ccc(CCC)cc2)cc1. The first kappa shape index (κ1) is 17.3. The van der Waals surface area contributed by atoms with Crippen LogP contribution in [-0.4, -0.2) is 0 Å². The van der Waals surface area contributed by atoms with E-state index in [2.05, 4.69) is 50.3 Å². The standard InChI is InChI=1S/C22H28O/c1-3-5-6-7-8-10-20-13-17-22(18-14-20)23-21-15-11-19(9-4-2)12-16-21/h8,10-18H,3-7,9H2,1-2H3/b10-8+. The van der Waals surface area contributed by atoms with Gasteiger partial charge in [0.1, 0.15) is 11.5 Å². The molecule has 0 amide bonds. The van der Waals surface area contributed by atoms with E-state index in [9.17, 15) is 0 Å². The summed E-state index contributed by atoms with van der Waals surface area (Å²) in [5.41, 5.74) is 2.59. The first-order valence-electron chi connectivity index (χ1n) is 8.85. The molecule has 0 N–H and O–H groups in total. The second-order valence-electron chi connectivity index (χ2n) is 5.96. The Hall–Kier alpha value is -2.02. The quantitative estimate of drug-likeness (QED) is 0.452. The Morgan fingerprint density at radius 2 is 1.43 bits per heavy atom.